The zero-order valence-corrected chi connectivity index (χ0v) is 20.2. The van der Waals surface area contributed by atoms with Gasteiger partial charge in [0.05, 0.1) is 27.7 Å². The molecule has 168 valence electrons. The molecule has 0 fully saturated rings. The lowest BCUT2D eigenvalue weighted by Gasteiger charge is -2.24. The van der Waals surface area contributed by atoms with E-state index >= 15 is 0 Å². The van der Waals surface area contributed by atoms with E-state index < -0.39 is 7.82 Å². The minimum Gasteiger partial charge on any atom is -0.329 e. The molecule has 0 radical (unpaired) electrons. The van der Waals surface area contributed by atoms with Gasteiger partial charge in [0.1, 0.15) is 13.2 Å². The van der Waals surface area contributed by atoms with Gasteiger partial charge in [0.15, 0.2) is 0 Å². The fourth-order valence-electron chi connectivity index (χ4n) is 2.98. The molecule has 1 unspecified atom stereocenters. The molecule has 1 aromatic rings. The topological polar surface area (TPSA) is 44.8 Å². The second kappa shape index (κ2) is 14.3. The molecule has 0 spiro atoms. The quantitative estimate of drug-likeness (QED) is 0.173. The van der Waals surface area contributed by atoms with E-state index in [4.69, 9.17) is 13.6 Å². The maximum atomic E-state index is 12.4. The molecular formula is C23H43NO4P+. The highest BCUT2D eigenvalue weighted by molar-refractivity contribution is 7.48. The van der Waals surface area contributed by atoms with Gasteiger partial charge in [0.2, 0.25) is 0 Å². The second-order valence-electron chi connectivity index (χ2n) is 8.75. The zero-order chi connectivity index (χ0) is 21.6. The van der Waals surface area contributed by atoms with Gasteiger partial charge in [-0.15, -0.1) is 0 Å². The summed E-state index contributed by atoms with van der Waals surface area (Å²) in [6.07, 6.45) is 10.4. The third-order valence-corrected chi connectivity index (χ3v) is 6.38. The van der Waals surface area contributed by atoms with Gasteiger partial charge in [0, 0.05) is 7.11 Å². The van der Waals surface area contributed by atoms with Crippen molar-refractivity contribution in [3.05, 3.63) is 35.4 Å². The number of hydrogen-bond acceptors (Lipinski definition) is 4. The van der Waals surface area contributed by atoms with Crippen LogP contribution in [-0.4, -0.2) is 52.5 Å². The van der Waals surface area contributed by atoms with Crippen LogP contribution in [0.4, 0.5) is 0 Å². The van der Waals surface area contributed by atoms with Gasteiger partial charge in [-0.25, -0.2) is 4.57 Å². The van der Waals surface area contributed by atoms with Gasteiger partial charge in [-0.2, -0.15) is 0 Å². The van der Waals surface area contributed by atoms with Crippen molar-refractivity contribution in [1.82, 2.24) is 0 Å². The summed E-state index contributed by atoms with van der Waals surface area (Å²) in [5, 5.41) is 0. The number of hydrogen-bond donors (Lipinski definition) is 0. The highest BCUT2D eigenvalue weighted by Gasteiger charge is 2.25. The summed E-state index contributed by atoms with van der Waals surface area (Å²) in [4.78, 5) is 0. The molecule has 1 rings (SSSR count). The Morgan fingerprint density at radius 2 is 1.31 bits per heavy atom. The summed E-state index contributed by atoms with van der Waals surface area (Å²) < 4.78 is 28.9. The molecule has 0 aliphatic heterocycles. The summed E-state index contributed by atoms with van der Waals surface area (Å²) >= 11 is 0. The molecule has 0 saturated heterocycles. The second-order valence-corrected chi connectivity index (χ2v) is 10.5. The molecule has 6 heteroatoms. The Hall–Kier alpha value is -0.710. The average Bonchev–Trinajstić information content (AvgIpc) is 2.67. The van der Waals surface area contributed by atoms with Crippen LogP contribution in [0.2, 0.25) is 0 Å². The van der Waals surface area contributed by atoms with E-state index in [0.29, 0.717) is 13.2 Å². The van der Waals surface area contributed by atoms with Crippen LogP contribution in [0.1, 0.15) is 63.0 Å². The van der Waals surface area contributed by atoms with Crippen LogP contribution in [0.5, 0.6) is 0 Å². The number of unbranched alkanes of at least 4 members (excludes halogenated alkanes) is 5. The van der Waals surface area contributed by atoms with Crippen molar-refractivity contribution in [2.45, 2.75) is 64.7 Å². The molecule has 1 atom stereocenters. The van der Waals surface area contributed by atoms with E-state index in [1.807, 2.05) is 0 Å². The van der Waals surface area contributed by atoms with Crippen LogP contribution >= 0.6 is 7.82 Å². The van der Waals surface area contributed by atoms with Crippen molar-refractivity contribution in [3.8, 4) is 0 Å². The molecule has 0 aliphatic rings. The zero-order valence-electron chi connectivity index (χ0n) is 19.3. The molecule has 0 saturated carbocycles. The third kappa shape index (κ3) is 13.3. The van der Waals surface area contributed by atoms with Gasteiger partial charge in [-0.05, 0) is 43.2 Å². The summed E-state index contributed by atoms with van der Waals surface area (Å²) in [6.45, 7) is 3.75. The average molecular weight is 429 g/mol. The Morgan fingerprint density at radius 3 is 1.83 bits per heavy atom. The van der Waals surface area contributed by atoms with Gasteiger partial charge in [-0.1, -0.05) is 56.9 Å². The Bertz CT molecular complexity index is 584. The number of likely N-dealkylation sites (N-methyl/N-ethyl adjacent to an activating group) is 1. The number of rotatable bonds is 17. The summed E-state index contributed by atoms with van der Waals surface area (Å²) in [7, 11) is 4.14. The summed E-state index contributed by atoms with van der Waals surface area (Å²) in [6, 6.07) is 9.10. The van der Waals surface area contributed by atoms with Crippen LogP contribution in [0, 0.1) is 0 Å². The highest BCUT2D eigenvalue weighted by Crippen LogP contribution is 2.48. The van der Waals surface area contributed by atoms with Gasteiger partial charge < -0.3 is 4.48 Å². The standard InChI is InChI=1S/C23H43NO4P/c1-6-7-10-13-22-15-17-23(18-16-22)14-11-8-9-12-20-27-29(25,26-5)28-21-19-24(2,3)4/h15-18H,6-14,19-21H2,1-5H3/q+1. The lowest BCUT2D eigenvalue weighted by atomic mass is 10.0. The lowest BCUT2D eigenvalue weighted by Crippen LogP contribution is -2.37. The van der Waals surface area contributed by atoms with Crippen molar-refractivity contribution >= 4 is 7.82 Å². The SMILES string of the molecule is CCCCCc1ccc(CCCCCCOP(=O)(OC)OCC[N+](C)(C)C)cc1. The molecule has 5 nitrogen and oxygen atoms in total. The maximum absolute atomic E-state index is 12.4. The van der Waals surface area contributed by atoms with Crippen molar-refractivity contribution in [2.75, 3.05) is 48.0 Å². The largest absolute Gasteiger partial charge is 0.474 e. The van der Waals surface area contributed by atoms with Crippen molar-refractivity contribution in [2.24, 2.45) is 0 Å². The van der Waals surface area contributed by atoms with Crippen LogP contribution in [0.15, 0.2) is 24.3 Å². The minimum absolute atomic E-state index is 0.353. The molecule has 1 aromatic carbocycles. The first kappa shape index (κ1) is 26.3. The molecular weight excluding hydrogens is 385 g/mol. The van der Waals surface area contributed by atoms with E-state index in [2.05, 4.69) is 52.3 Å². The van der Waals surface area contributed by atoms with Crippen molar-refractivity contribution in [1.29, 1.82) is 0 Å². The fourth-order valence-corrected chi connectivity index (χ4v) is 3.93. The molecule has 0 aliphatic carbocycles. The molecule has 0 N–H and O–H groups in total. The first-order chi connectivity index (χ1) is 13.8. The molecule has 0 bridgehead atoms. The lowest BCUT2D eigenvalue weighted by molar-refractivity contribution is -0.870. The fraction of sp³-hybridized carbons (Fsp3) is 0.739. The number of nitrogens with zero attached hydrogens (tertiary/aromatic N) is 1. The predicted molar refractivity (Wildman–Crippen MR) is 121 cm³/mol. The monoisotopic (exact) mass is 428 g/mol. The maximum Gasteiger partial charge on any atom is 0.474 e. The van der Waals surface area contributed by atoms with E-state index in [1.54, 1.807) is 0 Å². The number of phosphoric ester groups is 1. The number of aryl methyl sites for hydroxylation is 2. The first-order valence-corrected chi connectivity index (χ1v) is 12.6. The number of quaternary nitrogens is 1. The van der Waals surface area contributed by atoms with Gasteiger partial charge in [-0.3, -0.25) is 13.6 Å². The molecule has 0 heterocycles. The Balaban J connectivity index is 2.13. The Labute approximate surface area is 178 Å². The normalized spacial score (nSPS) is 14.1. The molecule has 0 aromatic heterocycles. The van der Waals surface area contributed by atoms with E-state index in [1.165, 1.54) is 43.9 Å². The van der Waals surface area contributed by atoms with E-state index in [0.717, 1.165) is 43.1 Å². The minimum atomic E-state index is -3.41. The van der Waals surface area contributed by atoms with Crippen LogP contribution < -0.4 is 0 Å². The van der Waals surface area contributed by atoms with E-state index in [-0.39, 0.29) is 0 Å². The Morgan fingerprint density at radius 1 is 0.793 bits per heavy atom. The summed E-state index contributed by atoms with van der Waals surface area (Å²) in [5.74, 6) is 0. The predicted octanol–water partition coefficient (Wildman–Crippen LogP) is 6.02. The third-order valence-electron chi connectivity index (χ3n) is 4.94. The molecule has 29 heavy (non-hydrogen) atoms. The number of benzene rings is 1. The molecule has 0 amide bonds. The first-order valence-electron chi connectivity index (χ1n) is 11.1. The van der Waals surface area contributed by atoms with Crippen LogP contribution in [0.3, 0.4) is 0 Å². The Kier molecular flexibility index (Phi) is 13.0. The van der Waals surface area contributed by atoms with Crippen molar-refractivity contribution < 1.29 is 22.6 Å². The smallest absolute Gasteiger partial charge is 0.329 e. The highest BCUT2D eigenvalue weighted by atomic mass is 31.2. The van der Waals surface area contributed by atoms with Crippen LogP contribution in [-0.2, 0) is 31.0 Å². The van der Waals surface area contributed by atoms with Crippen molar-refractivity contribution in [3.63, 3.8) is 0 Å². The van der Waals surface area contributed by atoms with Gasteiger partial charge in [0.25, 0.3) is 0 Å². The van der Waals surface area contributed by atoms with E-state index in [9.17, 15) is 4.57 Å². The summed E-state index contributed by atoms with van der Waals surface area (Å²) in [5.41, 5.74) is 2.86. The number of phosphoric acid groups is 1. The van der Waals surface area contributed by atoms with Crippen LogP contribution in [0.25, 0.3) is 0 Å². The van der Waals surface area contributed by atoms with Gasteiger partial charge >= 0.3 is 7.82 Å².